The number of hydroxylamine groups is 1. The van der Waals surface area contributed by atoms with Gasteiger partial charge in [0.1, 0.15) is 0 Å². The molecule has 1 heterocycles. The van der Waals surface area contributed by atoms with Crippen LogP contribution in [0.4, 0.5) is 0 Å². The summed E-state index contributed by atoms with van der Waals surface area (Å²) in [5, 5.41) is 22.0. The van der Waals surface area contributed by atoms with Gasteiger partial charge in [-0.2, -0.15) is 0 Å². The highest BCUT2D eigenvalue weighted by Gasteiger charge is 2.22. The van der Waals surface area contributed by atoms with Gasteiger partial charge in [0, 0.05) is 31.5 Å². The molecule has 32 heavy (non-hydrogen) atoms. The van der Waals surface area contributed by atoms with Gasteiger partial charge in [0.15, 0.2) is 0 Å². The van der Waals surface area contributed by atoms with E-state index in [1.54, 1.807) is 29.7 Å². The minimum atomic E-state index is -0.718. The van der Waals surface area contributed by atoms with Gasteiger partial charge in [0.05, 0.1) is 6.10 Å². The molecular formula is C26H26N2O4. The minimum absolute atomic E-state index is 0.130. The normalized spacial score (nSPS) is 15.2. The Kier molecular flexibility index (Phi) is 6.63. The van der Waals surface area contributed by atoms with Crippen molar-refractivity contribution in [1.82, 2.24) is 10.4 Å². The number of fused-ring (bicyclic) bond motifs is 1. The summed E-state index contributed by atoms with van der Waals surface area (Å²) in [6.07, 6.45) is 3.04. The molecule has 3 aromatic rings. The highest BCUT2D eigenvalue weighted by atomic mass is 16.5. The van der Waals surface area contributed by atoms with Gasteiger partial charge < -0.3 is 10.0 Å². The van der Waals surface area contributed by atoms with Crippen LogP contribution in [0.1, 0.15) is 46.9 Å². The number of benzene rings is 3. The summed E-state index contributed by atoms with van der Waals surface area (Å²) in [5.41, 5.74) is 4.61. The van der Waals surface area contributed by atoms with E-state index in [-0.39, 0.29) is 5.91 Å². The molecule has 1 aliphatic heterocycles. The van der Waals surface area contributed by atoms with Gasteiger partial charge in [-0.3, -0.25) is 14.8 Å². The van der Waals surface area contributed by atoms with Crippen LogP contribution in [-0.4, -0.2) is 40.1 Å². The molecule has 4 rings (SSSR count). The number of aliphatic hydroxyl groups is 1. The van der Waals surface area contributed by atoms with Crippen LogP contribution in [0.5, 0.6) is 0 Å². The molecule has 0 saturated carbocycles. The second-order valence-corrected chi connectivity index (χ2v) is 8.07. The molecule has 6 nitrogen and oxygen atoms in total. The molecule has 0 bridgehead atoms. The maximum absolute atomic E-state index is 12.2. The second-order valence-electron chi connectivity index (χ2n) is 8.07. The van der Waals surface area contributed by atoms with Crippen molar-refractivity contribution in [2.45, 2.75) is 25.4 Å². The summed E-state index contributed by atoms with van der Waals surface area (Å²) in [6, 6.07) is 20.7. The molecule has 0 aromatic heterocycles. The molecule has 0 radical (unpaired) electrons. The number of carbonyl (C=O) groups is 2. The van der Waals surface area contributed by atoms with Crippen LogP contribution in [0.15, 0.2) is 72.3 Å². The Morgan fingerprint density at radius 3 is 2.53 bits per heavy atom. The number of nitrogens with zero attached hydrogens (tertiary/aromatic N) is 1. The largest absolute Gasteiger partial charge is 0.388 e. The third kappa shape index (κ3) is 4.88. The van der Waals surface area contributed by atoms with Gasteiger partial charge in [-0.15, -0.1) is 0 Å². The van der Waals surface area contributed by atoms with Gasteiger partial charge in [0.25, 0.3) is 5.91 Å². The summed E-state index contributed by atoms with van der Waals surface area (Å²) in [7, 11) is 0. The first-order valence-electron chi connectivity index (χ1n) is 10.7. The number of carbonyl (C=O) groups excluding carboxylic acids is 2. The van der Waals surface area contributed by atoms with Crippen LogP contribution in [0.3, 0.4) is 0 Å². The second kappa shape index (κ2) is 9.77. The number of nitrogens with one attached hydrogen (secondary N) is 1. The molecule has 6 heteroatoms. The summed E-state index contributed by atoms with van der Waals surface area (Å²) in [6.45, 7) is 1.18. The van der Waals surface area contributed by atoms with Crippen LogP contribution in [0.2, 0.25) is 0 Å². The standard InChI is InChI=1S/C26H26N2O4/c29-24(23-8-3-6-20-5-1-2-7-22(20)23)16-19(17-28-14-4-9-25(28)30)15-18-10-12-21(13-11-18)26(31)27-32/h1-3,5-8,10-13,15,24,29,32H,4,9,14,16-17H2,(H,27,31). The van der Waals surface area contributed by atoms with Gasteiger partial charge >= 0.3 is 0 Å². The predicted molar refractivity (Wildman–Crippen MR) is 123 cm³/mol. The molecule has 1 saturated heterocycles. The molecule has 0 spiro atoms. The maximum Gasteiger partial charge on any atom is 0.274 e. The number of hydrogen-bond donors (Lipinski definition) is 3. The topological polar surface area (TPSA) is 89.9 Å². The third-order valence-corrected chi connectivity index (χ3v) is 5.85. The average molecular weight is 431 g/mol. The van der Waals surface area contributed by atoms with E-state index in [2.05, 4.69) is 0 Å². The summed E-state index contributed by atoms with van der Waals surface area (Å²) >= 11 is 0. The lowest BCUT2D eigenvalue weighted by Crippen LogP contribution is -2.27. The fourth-order valence-corrected chi connectivity index (χ4v) is 4.22. The van der Waals surface area contributed by atoms with E-state index in [0.717, 1.165) is 40.4 Å². The quantitative estimate of drug-likeness (QED) is 0.389. The lowest BCUT2D eigenvalue weighted by molar-refractivity contribution is -0.127. The molecule has 2 amide bonds. The Morgan fingerprint density at radius 2 is 1.81 bits per heavy atom. The van der Waals surface area contributed by atoms with Gasteiger partial charge in [0.2, 0.25) is 5.91 Å². The summed E-state index contributed by atoms with van der Waals surface area (Å²) < 4.78 is 0. The van der Waals surface area contributed by atoms with Crippen molar-refractivity contribution in [2.75, 3.05) is 13.1 Å². The predicted octanol–water partition coefficient (Wildman–Crippen LogP) is 4.09. The molecular weight excluding hydrogens is 404 g/mol. The smallest absolute Gasteiger partial charge is 0.274 e. The van der Waals surface area contributed by atoms with Crippen molar-refractivity contribution in [3.05, 3.63) is 89.0 Å². The van der Waals surface area contributed by atoms with Crippen LogP contribution >= 0.6 is 0 Å². The fraction of sp³-hybridized carbons (Fsp3) is 0.231. The van der Waals surface area contributed by atoms with Crippen molar-refractivity contribution < 1.29 is 19.9 Å². The van der Waals surface area contributed by atoms with Crippen LogP contribution in [0, 0.1) is 0 Å². The molecule has 1 unspecified atom stereocenters. The van der Waals surface area contributed by atoms with Crippen LogP contribution in [0.25, 0.3) is 16.8 Å². The van der Waals surface area contributed by atoms with Gasteiger partial charge in [-0.25, -0.2) is 5.48 Å². The zero-order valence-corrected chi connectivity index (χ0v) is 17.7. The first-order valence-corrected chi connectivity index (χ1v) is 10.7. The molecule has 0 aliphatic carbocycles. The van der Waals surface area contributed by atoms with Crippen LogP contribution < -0.4 is 5.48 Å². The molecule has 3 N–H and O–H groups in total. The number of hydrogen-bond acceptors (Lipinski definition) is 4. The van der Waals surface area contributed by atoms with E-state index < -0.39 is 12.0 Å². The fourth-order valence-electron chi connectivity index (χ4n) is 4.22. The van der Waals surface area contributed by atoms with Gasteiger partial charge in [-0.1, -0.05) is 60.7 Å². The zero-order chi connectivity index (χ0) is 22.5. The van der Waals surface area contributed by atoms with Crippen LogP contribution in [-0.2, 0) is 4.79 Å². The Morgan fingerprint density at radius 1 is 1.06 bits per heavy atom. The van der Waals surface area contributed by atoms with Gasteiger partial charge in [-0.05, 0) is 46.0 Å². The van der Waals surface area contributed by atoms with Crippen molar-refractivity contribution in [1.29, 1.82) is 0 Å². The Balaban J connectivity index is 1.62. The van der Waals surface area contributed by atoms with Crippen molar-refractivity contribution in [3.63, 3.8) is 0 Å². The SMILES string of the molecule is O=C(NO)c1ccc(C=C(CC(O)c2cccc3ccccc23)CN2CCCC2=O)cc1. The number of rotatable bonds is 7. The Bertz CT molecular complexity index is 1150. The zero-order valence-electron chi connectivity index (χ0n) is 17.7. The van der Waals surface area contributed by atoms with E-state index >= 15 is 0 Å². The lowest BCUT2D eigenvalue weighted by Gasteiger charge is -2.21. The molecule has 1 atom stereocenters. The molecule has 1 aliphatic rings. The van der Waals surface area contributed by atoms with Crippen molar-refractivity contribution >= 4 is 28.7 Å². The highest BCUT2D eigenvalue weighted by molar-refractivity contribution is 5.93. The number of likely N-dealkylation sites (tertiary alicyclic amines) is 1. The third-order valence-electron chi connectivity index (χ3n) is 5.85. The molecule has 164 valence electrons. The Hall–Kier alpha value is -3.48. The molecule has 1 fully saturated rings. The average Bonchev–Trinajstić information content (AvgIpc) is 3.22. The Labute approximate surface area is 186 Å². The van der Waals surface area contributed by atoms with E-state index in [1.807, 2.05) is 53.4 Å². The minimum Gasteiger partial charge on any atom is -0.388 e. The first kappa shape index (κ1) is 21.7. The summed E-state index contributed by atoms with van der Waals surface area (Å²) in [5.74, 6) is -0.444. The van der Waals surface area contributed by atoms with E-state index in [0.29, 0.717) is 24.9 Å². The molecule has 3 aromatic carbocycles. The number of amides is 2. The summed E-state index contributed by atoms with van der Waals surface area (Å²) in [4.78, 5) is 25.6. The maximum atomic E-state index is 12.2. The van der Waals surface area contributed by atoms with Crippen molar-refractivity contribution in [3.8, 4) is 0 Å². The van der Waals surface area contributed by atoms with E-state index in [4.69, 9.17) is 5.21 Å². The van der Waals surface area contributed by atoms with E-state index in [1.165, 1.54) is 0 Å². The lowest BCUT2D eigenvalue weighted by atomic mass is 9.95. The van der Waals surface area contributed by atoms with E-state index in [9.17, 15) is 14.7 Å². The first-order chi connectivity index (χ1) is 15.5. The highest BCUT2D eigenvalue weighted by Crippen LogP contribution is 2.30. The number of aliphatic hydroxyl groups excluding tert-OH is 1. The monoisotopic (exact) mass is 430 g/mol. The van der Waals surface area contributed by atoms with Crippen molar-refractivity contribution in [2.24, 2.45) is 0 Å².